The van der Waals surface area contributed by atoms with Crippen molar-refractivity contribution in [3.05, 3.63) is 0 Å². The standard InChI is InChI=1S/C16H27NO3/c1-12-14(16(19)20)9-5-11-17(12)15(18)10-4-8-13-6-2-3-7-13/h12-14H,2-11H2,1H3,(H,19,20)/t12-,14-/m1/s1. The molecule has 0 aromatic carbocycles. The van der Waals surface area contributed by atoms with Gasteiger partial charge < -0.3 is 10.0 Å². The second kappa shape index (κ2) is 7.09. The summed E-state index contributed by atoms with van der Waals surface area (Å²) in [6.07, 6.45) is 9.58. The van der Waals surface area contributed by atoms with E-state index in [1.165, 1.54) is 25.7 Å². The third kappa shape index (κ3) is 3.74. The lowest BCUT2D eigenvalue weighted by Crippen LogP contribution is -2.49. The lowest BCUT2D eigenvalue weighted by Gasteiger charge is -2.37. The summed E-state index contributed by atoms with van der Waals surface area (Å²) in [5.74, 6) is -0.168. The SMILES string of the molecule is C[C@@H]1[C@H](C(=O)O)CCCN1C(=O)CCCC1CCCC1. The highest BCUT2D eigenvalue weighted by atomic mass is 16.4. The van der Waals surface area contributed by atoms with E-state index in [0.29, 0.717) is 12.8 Å². The van der Waals surface area contributed by atoms with Crippen molar-refractivity contribution in [1.82, 2.24) is 4.90 Å². The second-order valence-electron chi connectivity index (χ2n) is 6.46. The molecule has 2 rings (SSSR count). The quantitative estimate of drug-likeness (QED) is 0.842. The number of nitrogens with zero attached hydrogens (tertiary/aromatic N) is 1. The first-order valence-electron chi connectivity index (χ1n) is 8.12. The molecule has 0 aromatic heterocycles. The molecular weight excluding hydrogens is 254 g/mol. The molecule has 0 aromatic rings. The van der Waals surface area contributed by atoms with Crippen molar-refractivity contribution in [1.29, 1.82) is 0 Å². The van der Waals surface area contributed by atoms with Gasteiger partial charge in [0, 0.05) is 19.0 Å². The van der Waals surface area contributed by atoms with Crippen LogP contribution in [-0.2, 0) is 9.59 Å². The van der Waals surface area contributed by atoms with E-state index in [2.05, 4.69) is 0 Å². The molecule has 4 heteroatoms. The summed E-state index contributed by atoms with van der Waals surface area (Å²) in [7, 11) is 0. The zero-order chi connectivity index (χ0) is 14.5. The Kier molecular flexibility index (Phi) is 5.44. The Bertz CT molecular complexity index is 350. The number of amides is 1. The molecule has 1 aliphatic heterocycles. The number of carbonyl (C=O) groups is 2. The van der Waals surface area contributed by atoms with Crippen LogP contribution >= 0.6 is 0 Å². The summed E-state index contributed by atoms with van der Waals surface area (Å²) in [5.41, 5.74) is 0. The Hall–Kier alpha value is -1.06. The average Bonchev–Trinajstić information content (AvgIpc) is 2.91. The van der Waals surface area contributed by atoms with Gasteiger partial charge in [-0.05, 0) is 38.5 Å². The fourth-order valence-corrected chi connectivity index (χ4v) is 3.81. The van der Waals surface area contributed by atoms with Crippen LogP contribution in [0.3, 0.4) is 0 Å². The van der Waals surface area contributed by atoms with Gasteiger partial charge in [-0.1, -0.05) is 25.7 Å². The van der Waals surface area contributed by atoms with Crippen LogP contribution in [-0.4, -0.2) is 34.5 Å². The Balaban J connectivity index is 1.77. The predicted octanol–water partition coefficient (Wildman–Crippen LogP) is 3.06. The third-order valence-corrected chi connectivity index (χ3v) is 5.10. The highest BCUT2D eigenvalue weighted by molar-refractivity contribution is 5.78. The maximum Gasteiger partial charge on any atom is 0.308 e. The second-order valence-corrected chi connectivity index (χ2v) is 6.46. The molecule has 1 heterocycles. The Morgan fingerprint density at radius 2 is 1.85 bits per heavy atom. The minimum atomic E-state index is -0.763. The molecule has 114 valence electrons. The summed E-state index contributed by atoms with van der Waals surface area (Å²) >= 11 is 0. The van der Waals surface area contributed by atoms with E-state index >= 15 is 0 Å². The van der Waals surface area contributed by atoms with Crippen molar-refractivity contribution < 1.29 is 14.7 Å². The van der Waals surface area contributed by atoms with Gasteiger partial charge in [-0.25, -0.2) is 0 Å². The maximum absolute atomic E-state index is 12.3. The normalized spacial score (nSPS) is 27.8. The lowest BCUT2D eigenvalue weighted by molar-refractivity contribution is -0.149. The summed E-state index contributed by atoms with van der Waals surface area (Å²) in [4.78, 5) is 25.3. The van der Waals surface area contributed by atoms with Crippen LogP contribution in [0.15, 0.2) is 0 Å². The van der Waals surface area contributed by atoms with Gasteiger partial charge in [-0.2, -0.15) is 0 Å². The molecule has 1 N–H and O–H groups in total. The van der Waals surface area contributed by atoms with Gasteiger partial charge in [0.05, 0.1) is 5.92 Å². The Morgan fingerprint density at radius 3 is 2.50 bits per heavy atom. The van der Waals surface area contributed by atoms with Crippen molar-refractivity contribution in [3.8, 4) is 0 Å². The molecule has 1 aliphatic carbocycles. The smallest absolute Gasteiger partial charge is 0.308 e. The molecular formula is C16H27NO3. The number of carboxylic acids is 1. The van der Waals surface area contributed by atoms with Gasteiger partial charge >= 0.3 is 5.97 Å². The van der Waals surface area contributed by atoms with Gasteiger partial charge in [-0.15, -0.1) is 0 Å². The zero-order valence-corrected chi connectivity index (χ0v) is 12.5. The highest BCUT2D eigenvalue weighted by Crippen LogP contribution is 2.29. The lowest BCUT2D eigenvalue weighted by atomic mass is 9.90. The van der Waals surface area contributed by atoms with E-state index in [-0.39, 0.29) is 17.9 Å². The first kappa shape index (κ1) is 15.3. The molecule has 2 fully saturated rings. The number of hydrogen-bond donors (Lipinski definition) is 1. The minimum Gasteiger partial charge on any atom is -0.481 e. The van der Waals surface area contributed by atoms with Gasteiger partial charge in [0.25, 0.3) is 0 Å². The van der Waals surface area contributed by atoms with Crippen LogP contribution in [0.25, 0.3) is 0 Å². The first-order valence-corrected chi connectivity index (χ1v) is 8.12. The summed E-state index contributed by atoms with van der Waals surface area (Å²) in [5, 5.41) is 9.19. The summed E-state index contributed by atoms with van der Waals surface area (Å²) in [6.45, 7) is 2.61. The fraction of sp³-hybridized carbons (Fsp3) is 0.875. The van der Waals surface area contributed by atoms with Crippen molar-refractivity contribution in [2.24, 2.45) is 11.8 Å². The maximum atomic E-state index is 12.3. The molecule has 2 atom stereocenters. The molecule has 1 saturated heterocycles. The van der Waals surface area contributed by atoms with Crippen LogP contribution in [0.4, 0.5) is 0 Å². The molecule has 4 nitrogen and oxygen atoms in total. The van der Waals surface area contributed by atoms with Gasteiger partial charge in [0.2, 0.25) is 5.91 Å². The van der Waals surface area contributed by atoms with Crippen molar-refractivity contribution in [2.75, 3.05) is 6.54 Å². The molecule has 0 unspecified atom stereocenters. The number of carbonyl (C=O) groups excluding carboxylic acids is 1. The predicted molar refractivity (Wildman–Crippen MR) is 77.3 cm³/mol. The number of carboxylic acid groups (broad SMARTS) is 1. The van der Waals surface area contributed by atoms with E-state index in [1.807, 2.05) is 6.92 Å². The summed E-state index contributed by atoms with van der Waals surface area (Å²) in [6, 6.07) is -0.153. The van der Waals surface area contributed by atoms with E-state index in [1.54, 1.807) is 4.90 Å². The third-order valence-electron chi connectivity index (χ3n) is 5.10. The number of aliphatic carboxylic acids is 1. The molecule has 20 heavy (non-hydrogen) atoms. The van der Waals surface area contributed by atoms with E-state index in [9.17, 15) is 14.7 Å². The number of rotatable bonds is 5. The molecule has 1 amide bonds. The molecule has 0 spiro atoms. The Labute approximate surface area is 121 Å². The molecule has 0 radical (unpaired) electrons. The highest BCUT2D eigenvalue weighted by Gasteiger charge is 2.34. The van der Waals surface area contributed by atoms with Gasteiger partial charge in [0.1, 0.15) is 0 Å². The van der Waals surface area contributed by atoms with E-state index in [4.69, 9.17) is 0 Å². The zero-order valence-electron chi connectivity index (χ0n) is 12.5. The molecule has 2 aliphatic rings. The monoisotopic (exact) mass is 281 g/mol. The molecule has 1 saturated carbocycles. The number of piperidine rings is 1. The molecule has 0 bridgehead atoms. The van der Waals surface area contributed by atoms with E-state index < -0.39 is 5.97 Å². The first-order chi connectivity index (χ1) is 9.59. The van der Waals surface area contributed by atoms with E-state index in [0.717, 1.165) is 31.7 Å². The van der Waals surface area contributed by atoms with Crippen molar-refractivity contribution in [3.63, 3.8) is 0 Å². The Morgan fingerprint density at radius 1 is 1.15 bits per heavy atom. The van der Waals surface area contributed by atoms with Crippen LogP contribution in [0.5, 0.6) is 0 Å². The van der Waals surface area contributed by atoms with Crippen molar-refractivity contribution in [2.45, 2.75) is 70.8 Å². The topological polar surface area (TPSA) is 57.6 Å². The van der Waals surface area contributed by atoms with Gasteiger partial charge in [-0.3, -0.25) is 9.59 Å². The number of likely N-dealkylation sites (tertiary alicyclic amines) is 1. The van der Waals surface area contributed by atoms with Crippen LogP contribution in [0.1, 0.15) is 64.7 Å². The number of hydrogen-bond acceptors (Lipinski definition) is 2. The van der Waals surface area contributed by atoms with Crippen LogP contribution in [0, 0.1) is 11.8 Å². The van der Waals surface area contributed by atoms with Crippen molar-refractivity contribution >= 4 is 11.9 Å². The fourth-order valence-electron chi connectivity index (χ4n) is 3.81. The van der Waals surface area contributed by atoms with Crippen LogP contribution in [0.2, 0.25) is 0 Å². The largest absolute Gasteiger partial charge is 0.481 e. The minimum absolute atomic E-state index is 0.153. The van der Waals surface area contributed by atoms with Gasteiger partial charge in [0.15, 0.2) is 0 Å². The average molecular weight is 281 g/mol. The summed E-state index contributed by atoms with van der Waals surface area (Å²) < 4.78 is 0. The van der Waals surface area contributed by atoms with Crippen LogP contribution < -0.4 is 0 Å².